The summed E-state index contributed by atoms with van der Waals surface area (Å²) in [5.74, 6) is 0.724. The van der Waals surface area contributed by atoms with E-state index in [2.05, 4.69) is 27.3 Å². The third-order valence-corrected chi connectivity index (χ3v) is 1.36. The zero-order chi connectivity index (χ0) is 8.81. The standard InChI is InChI=1S/C7H13N5/c1-3-4-5-8-6-7-9-11-12(2)10-7/h3,8H,1,4-6H2,2H3. The van der Waals surface area contributed by atoms with E-state index in [1.54, 1.807) is 7.05 Å². The molecule has 1 heterocycles. The Kier molecular flexibility index (Phi) is 3.40. The van der Waals surface area contributed by atoms with Gasteiger partial charge in [0.25, 0.3) is 0 Å². The Hall–Kier alpha value is -1.23. The lowest BCUT2D eigenvalue weighted by Gasteiger charge is -1.96. The molecule has 0 aliphatic carbocycles. The summed E-state index contributed by atoms with van der Waals surface area (Å²) < 4.78 is 0. The Morgan fingerprint density at radius 2 is 2.50 bits per heavy atom. The van der Waals surface area contributed by atoms with E-state index < -0.39 is 0 Å². The van der Waals surface area contributed by atoms with Crippen LogP contribution in [-0.2, 0) is 13.6 Å². The highest BCUT2D eigenvalue weighted by atomic mass is 15.6. The van der Waals surface area contributed by atoms with Gasteiger partial charge in [-0.1, -0.05) is 6.08 Å². The number of nitrogens with zero attached hydrogens (tertiary/aromatic N) is 4. The SMILES string of the molecule is C=CCCNCc1nnn(C)n1. The van der Waals surface area contributed by atoms with Crippen molar-refractivity contribution in [3.05, 3.63) is 18.5 Å². The molecule has 12 heavy (non-hydrogen) atoms. The summed E-state index contributed by atoms with van der Waals surface area (Å²) in [6.45, 7) is 5.19. The van der Waals surface area contributed by atoms with Gasteiger partial charge in [0.1, 0.15) is 0 Å². The van der Waals surface area contributed by atoms with Crippen LogP contribution in [0.15, 0.2) is 12.7 Å². The van der Waals surface area contributed by atoms with E-state index in [0.29, 0.717) is 6.54 Å². The lowest BCUT2D eigenvalue weighted by Crippen LogP contribution is -2.15. The first kappa shape index (κ1) is 8.86. The number of tetrazole rings is 1. The lowest BCUT2D eigenvalue weighted by molar-refractivity contribution is 0.620. The van der Waals surface area contributed by atoms with Gasteiger partial charge < -0.3 is 5.32 Å². The number of aromatic nitrogens is 4. The molecule has 0 amide bonds. The van der Waals surface area contributed by atoms with Crippen LogP contribution in [0.25, 0.3) is 0 Å². The van der Waals surface area contributed by atoms with Crippen molar-refractivity contribution in [1.82, 2.24) is 25.5 Å². The van der Waals surface area contributed by atoms with E-state index in [1.807, 2.05) is 6.08 Å². The first-order valence-corrected chi connectivity index (χ1v) is 3.87. The summed E-state index contributed by atoms with van der Waals surface area (Å²) in [4.78, 5) is 1.45. The van der Waals surface area contributed by atoms with Crippen LogP contribution in [0.5, 0.6) is 0 Å². The van der Waals surface area contributed by atoms with E-state index in [0.717, 1.165) is 18.8 Å². The maximum atomic E-state index is 4.01. The summed E-state index contributed by atoms with van der Waals surface area (Å²) in [7, 11) is 1.75. The molecule has 0 aliphatic rings. The zero-order valence-electron chi connectivity index (χ0n) is 7.19. The minimum Gasteiger partial charge on any atom is -0.309 e. The third kappa shape index (κ3) is 2.79. The van der Waals surface area contributed by atoms with Crippen LogP contribution in [0, 0.1) is 0 Å². The largest absolute Gasteiger partial charge is 0.309 e. The molecule has 0 unspecified atom stereocenters. The molecule has 1 aromatic heterocycles. The second kappa shape index (κ2) is 4.61. The van der Waals surface area contributed by atoms with E-state index in [-0.39, 0.29) is 0 Å². The number of rotatable bonds is 5. The van der Waals surface area contributed by atoms with Crippen LogP contribution in [0.1, 0.15) is 12.2 Å². The fraction of sp³-hybridized carbons (Fsp3) is 0.571. The predicted molar refractivity (Wildman–Crippen MR) is 45.3 cm³/mol. The molecule has 0 saturated heterocycles. The molecule has 0 saturated carbocycles. The topological polar surface area (TPSA) is 55.6 Å². The molecule has 0 spiro atoms. The molecule has 0 atom stereocenters. The predicted octanol–water partition coefficient (Wildman–Crippen LogP) is -0.124. The van der Waals surface area contributed by atoms with Crippen molar-refractivity contribution < 1.29 is 0 Å². The van der Waals surface area contributed by atoms with Crippen molar-refractivity contribution in [1.29, 1.82) is 0 Å². The Morgan fingerprint density at radius 1 is 1.67 bits per heavy atom. The Bertz CT molecular complexity index is 242. The van der Waals surface area contributed by atoms with Crippen molar-refractivity contribution >= 4 is 0 Å². The number of hydrogen-bond acceptors (Lipinski definition) is 4. The van der Waals surface area contributed by atoms with Gasteiger partial charge in [0.05, 0.1) is 13.6 Å². The van der Waals surface area contributed by atoms with Gasteiger partial charge in [-0.15, -0.1) is 16.8 Å². The number of hydrogen-bond donors (Lipinski definition) is 1. The van der Waals surface area contributed by atoms with Gasteiger partial charge in [-0.05, 0) is 18.2 Å². The molecule has 1 aromatic rings. The van der Waals surface area contributed by atoms with Gasteiger partial charge in [-0.2, -0.15) is 4.80 Å². The first-order chi connectivity index (χ1) is 5.83. The Balaban J connectivity index is 2.19. The van der Waals surface area contributed by atoms with Crippen LogP contribution in [-0.4, -0.2) is 26.8 Å². The molecule has 0 bridgehead atoms. The summed E-state index contributed by atoms with van der Waals surface area (Å²) >= 11 is 0. The van der Waals surface area contributed by atoms with Gasteiger partial charge in [0, 0.05) is 0 Å². The van der Waals surface area contributed by atoms with Crippen molar-refractivity contribution in [2.24, 2.45) is 7.05 Å². The molecule has 5 nitrogen and oxygen atoms in total. The number of aryl methyl sites for hydroxylation is 1. The van der Waals surface area contributed by atoms with Crippen LogP contribution in [0.3, 0.4) is 0 Å². The molecule has 0 aromatic carbocycles. The molecule has 1 N–H and O–H groups in total. The maximum Gasteiger partial charge on any atom is 0.188 e. The van der Waals surface area contributed by atoms with Crippen LogP contribution >= 0.6 is 0 Å². The molecule has 66 valence electrons. The lowest BCUT2D eigenvalue weighted by atomic mass is 10.4. The summed E-state index contributed by atoms with van der Waals surface area (Å²) in [5, 5.41) is 14.7. The molecular formula is C7H13N5. The van der Waals surface area contributed by atoms with E-state index in [4.69, 9.17) is 0 Å². The highest BCUT2D eigenvalue weighted by molar-refractivity contribution is 4.76. The maximum absolute atomic E-state index is 4.01. The monoisotopic (exact) mass is 167 g/mol. The number of nitrogens with one attached hydrogen (secondary N) is 1. The van der Waals surface area contributed by atoms with E-state index >= 15 is 0 Å². The first-order valence-electron chi connectivity index (χ1n) is 3.87. The van der Waals surface area contributed by atoms with Crippen LogP contribution in [0.2, 0.25) is 0 Å². The Labute approximate surface area is 71.5 Å². The molecule has 0 fully saturated rings. The molecule has 0 aliphatic heterocycles. The van der Waals surface area contributed by atoms with Crippen molar-refractivity contribution in [2.45, 2.75) is 13.0 Å². The summed E-state index contributed by atoms with van der Waals surface area (Å²) in [6, 6.07) is 0. The van der Waals surface area contributed by atoms with Gasteiger partial charge in [0.15, 0.2) is 5.82 Å². The fourth-order valence-corrected chi connectivity index (χ4v) is 0.798. The zero-order valence-corrected chi connectivity index (χ0v) is 7.19. The highest BCUT2D eigenvalue weighted by Crippen LogP contribution is 1.84. The third-order valence-electron chi connectivity index (χ3n) is 1.36. The van der Waals surface area contributed by atoms with Gasteiger partial charge in [-0.25, -0.2) is 0 Å². The quantitative estimate of drug-likeness (QED) is 0.490. The highest BCUT2D eigenvalue weighted by Gasteiger charge is 1.97. The van der Waals surface area contributed by atoms with Crippen molar-refractivity contribution in [2.75, 3.05) is 6.54 Å². The van der Waals surface area contributed by atoms with E-state index in [9.17, 15) is 0 Å². The minimum absolute atomic E-state index is 0.668. The van der Waals surface area contributed by atoms with Crippen LogP contribution < -0.4 is 5.32 Å². The molecule has 1 rings (SSSR count). The second-order valence-corrected chi connectivity index (χ2v) is 2.45. The normalized spacial score (nSPS) is 10.1. The molecular weight excluding hydrogens is 154 g/mol. The summed E-state index contributed by atoms with van der Waals surface area (Å²) in [6.07, 6.45) is 2.83. The molecule has 5 heteroatoms. The van der Waals surface area contributed by atoms with Gasteiger partial charge in [0.2, 0.25) is 0 Å². The average Bonchev–Trinajstić information content (AvgIpc) is 2.45. The average molecular weight is 167 g/mol. The molecule has 0 radical (unpaired) electrons. The van der Waals surface area contributed by atoms with Crippen molar-refractivity contribution in [3.63, 3.8) is 0 Å². The fourth-order valence-electron chi connectivity index (χ4n) is 0.798. The summed E-state index contributed by atoms with van der Waals surface area (Å²) in [5.41, 5.74) is 0. The Morgan fingerprint density at radius 3 is 3.08 bits per heavy atom. The van der Waals surface area contributed by atoms with E-state index in [1.165, 1.54) is 4.80 Å². The van der Waals surface area contributed by atoms with Gasteiger partial charge in [-0.3, -0.25) is 0 Å². The van der Waals surface area contributed by atoms with Crippen molar-refractivity contribution in [3.8, 4) is 0 Å². The smallest absolute Gasteiger partial charge is 0.188 e. The van der Waals surface area contributed by atoms with Crippen LogP contribution in [0.4, 0.5) is 0 Å². The second-order valence-electron chi connectivity index (χ2n) is 2.45. The van der Waals surface area contributed by atoms with Gasteiger partial charge >= 0.3 is 0 Å². The minimum atomic E-state index is 0.668.